The molecular formula is C17H24N6O3. The van der Waals surface area contributed by atoms with Gasteiger partial charge >= 0.3 is 6.09 Å². The predicted octanol–water partition coefficient (Wildman–Crippen LogP) is 2.17. The zero-order valence-electron chi connectivity index (χ0n) is 15.2. The van der Waals surface area contributed by atoms with Gasteiger partial charge in [0.05, 0.1) is 0 Å². The summed E-state index contributed by atoms with van der Waals surface area (Å²) in [6.07, 6.45) is 3.54. The minimum Gasteiger partial charge on any atom is -0.446 e. The van der Waals surface area contributed by atoms with E-state index in [0.29, 0.717) is 11.5 Å². The van der Waals surface area contributed by atoms with Crippen LogP contribution >= 0.6 is 0 Å². The first-order valence-electron chi connectivity index (χ1n) is 8.74. The Labute approximate surface area is 151 Å². The smallest absolute Gasteiger partial charge is 0.407 e. The monoisotopic (exact) mass is 360 g/mol. The summed E-state index contributed by atoms with van der Waals surface area (Å²) in [4.78, 5) is 23.9. The maximum atomic E-state index is 12.2. The van der Waals surface area contributed by atoms with Crippen molar-refractivity contribution < 1.29 is 14.3 Å². The molecule has 9 heteroatoms. The minimum absolute atomic E-state index is 0.0536. The molecule has 1 fully saturated rings. The van der Waals surface area contributed by atoms with E-state index in [2.05, 4.69) is 25.9 Å². The molecule has 26 heavy (non-hydrogen) atoms. The average molecular weight is 360 g/mol. The van der Waals surface area contributed by atoms with Crippen molar-refractivity contribution in [2.45, 2.75) is 51.2 Å². The third kappa shape index (κ3) is 4.22. The van der Waals surface area contributed by atoms with Crippen molar-refractivity contribution in [2.75, 3.05) is 5.32 Å². The zero-order valence-corrected chi connectivity index (χ0v) is 15.2. The number of nitrogens with one attached hydrogen (secondary N) is 3. The summed E-state index contributed by atoms with van der Waals surface area (Å²) in [7, 11) is 1.71. The van der Waals surface area contributed by atoms with Crippen LogP contribution in [0.15, 0.2) is 18.3 Å². The number of aromatic nitrogens is 4. The van der Waals surface area contributed by atoms with Gasteiger partial charge in [-0.15, -0.1) is 0 Å². The van der Waals surface area contributed by atoms with Crippen molar-refractivity contribution in [2.24, 2.45) is 7.05 Å². The molecule has 2 aromatic rings. The second-order valence-electron chi connectivity index (χ2n) is 6.84. The molecule has 0 bridgehead atoms. The van der Waals surface area contributed by atoms with Gasteiger partial charge in [0.1, 0.15) is 11.8 Å². The number of rotatable bonds is 5. The largest absolute Gasteiger partial charge is 0.446 e. The third-order valence-electron chi connectivity index (χ3n) is 4.40. The van der Waals surface area contributed by atoms with Crippen LogP contribution in [0.25, 0.3) is 0 Å². The van der Waals surface area contributed by atoms with E-state index in [-0.39, 0.29) is 30.1 Å². The van der Waals surface area contributed by atoms with Crippen LogP contribution in [0.5, 0.6) is 0 Å². The van der Waals surface area contributed by atoms with E-state index in [4.69, 9.17) is 4.74 Å². The molecule has 0 unspecified atom stereocenters. The number of hydrogen-bond acceptors (Lipinski definition) is 5. The highest BCUT2D eigenvalue weighted by Gasteiger charge is 2.30. The van der Waals surface area contributed by atoms with Crippen molar-refractivity contribution in [1.82, 2.24) is 25.3 Å². The number of carbonyl (C=O) groups is 2. The van der Waals surface area contributed by atoms with Crippen LogP contribution in [0, 0.1) is 0 Å². The number of nitrogens with zero attached hydrogens (tertiary/aromatic N) is 3. The Hall–Kier alpha value is -2.84. The topological polar surface area (TPSA) is 114 Å². The van der Waals surface area contributed by atoms with Crippen molar-refractivity contribution in [3.8, 4) is 0 Å². The standard InChI is InChI=1S/C17H24N6O3/c1-10(2)19-17(25)26-12-5-4-11(8-12)13-9-15(22-21-13)20-16(24)14-6-7-18-23(14)3/h6-7,9-12H,4-5,8H2,1-3H3,(H,19,25)(H2,20,21,22,24)/t11-,12+/m1/s1. The lowest BCUT2D eigenvalue weighted by atomic mass is 10.0. The normalized spacial score (nSPS) is 19.5. The molecule has 0 aromatic carbocycles. The van der Waals surface area contributed by atoms with Gasteiger partial charge in [-0.3, -0.25) is 14.6 Å². The van der Waals surface area contributed by atoms with Gasteiger partial charge in [0.15, 0.2) is 5.82 Å². The van der Waals surface area contributed by atoms with Gasteiger partial charge in [0.25, 0.3) is 5.91 Å². The number of aryl methyl sites for hydroxylation is 1. The van der Waals surface area contributed by atoms with Gasteiger partial charge in [0, 0.05) is 37.0 Å². The van der Waals surface area contributed by atoms with Gasteiger partial charge in [-0.1, -0.05) is 0 Å². The highest BCUT2D eigenvalue weighted by Crippen LogP contribution is 2.35. The predicted molar refractivity (Wildman–Crippen MR) is 94.9 cm³/mol. The number of ether oxygens (including phenoxy) is 1. The van der Waals surface area contributed by atoms with E-state index in [0.717, 1.165) is 25.0 Å². The Morgan fingerprint density at radius 3 is 2.88 bits per heavy atom. The molecule has 9 nitrogen and oxygen atoms in total. The van der Waals surface area contributed by atoms with Crippen LogP contribution in [0.3, 0.4) is 0 Å². The van der Waals surface area contributed by atoms with Crippen LogP contribution in [-0.4, -0.2) is 44.1 Å². The fourth-order valence-electron chi connectivity index (χ4n) is 3.14. The first kappa shape index (κ1) is 18.0. The van der Waals surface area contributed by atoms with E-state index in [1.165, 1.54) is 4.68 Å². The van der Waals surface area contributed by atoms with Crippen LogP contribution in [-0.2, 0) is 11.8 Å². The van der Waals surface area contributed by atoms with Crippen LogP contribution in [0.1, 0.15) is 55.2 Å². The van der Waals surface area contributed by atoms with Crippen molar-refractivity contribution in [3.63, 3.8) is 0 Å². The van der Waals surface area contributed by atoms with E-state index in [9.17, 15) is 9.59 Å². The van der Waals surface area contributed by atoms with E-state index >= 15 is 0 Å². The van der Waals surface area contributed by atoms with Crippen LogP contribution in [0.4, 0.5) is 10.6 Å². The lowest BCUT2D eigenvalue weighted by molar-refractivity contribution is 0.0979. The number of amides is 2. The molecule has 0 aliphatic heterocycles. The first-order valence-corrected chi connectivity index (χ1v) is 8.74. The second-order valence-corrected chi connectivity index (χ2v) is 6.84. The lowest BCUT2D eigenvalue weighted by Crippen LogP contribution is -2.33. The molecule has 3 N–H and O–H groups in total. The number of aromatic amines is 1. The molecule has 2 atom stereocenters. The molecule has 1 aliphatic rings. The van der Waals surface area contributed by atoms with Crippen molar-refractivity contribution >= 4 is 17.8 Å². The van der Waals surface area contributed by atoms with Crippen molar-refractivity contribution in [3.05, 3.63) is 29.7 Å². The Balaban J connectivity index is 1.54. The van der Waals surface area contributed by atoms with E-state index in [1.54, 1.807) is 19.3 Å². The van der Waals surface area contributed by atoms with Crippen LogP contribution < -0.4 is 10.6 Å². The molecule has 1 saturated carbocycles. The number of carbonyl (C=O) groups excluding carboxylic acids is 2. The average Bonchev–Trinajstić information content (AvgIpc) is 3.27. The molecule has 0 radical (unpaired) electrons. The summed E-state index contributed by atoms with van der Waals surface area (Å²) in [5.41, 5.74) is 1.39. The Morgan fingerprint density at radius 2 is 2.19 bits per heavy atom. The second kappa shape index (κ2) is 7.59. The summed E-state index contributed by atoms with van der Waals surface area (Å²) < 4.78 is 6.95. The molecule has 2 amide bonds. The summed E-state index contributed by atoms with van der Waals surface area (Å²) in [5.74, 6) is 0.427. The highest BCUT2D eigenvalue weighted by molar-refractivity contribution is 6.02. The summed E-state index contributed by atoms with van der Waals surface area (Å²) in [5, 5.41) is 16.6. The minimum atomic E-state index is -0.376. The fraction of sp³-hybridized carbons (Fsp3) is 0.529. The maximum absolute atomic E-state index is 12.2. The molecule has 3 rings (SSSR count). The van der Waals surface area contributed by atoms with Gasteiger partial charge in [-0.25, -0.2) is 4.79 Å². The molecule has 2 heterocycles. The SMILES string of the molecule is CC(C)NC(=O)O[C@H]1CC[C@@H](c2cc(NC(=O)c3ccnn3C)n[nH]2)C1. The van der Waals surface area contributed by atoms with Gasteiger partial charge in [-0.2, -0.15) is 10.2 Å². The Bertz CT molecular complexity index is 781. The van der Waals surface area contributed by atoms with Crippen LogP contribution in [0.2, 0.25) is 0 Å². The molecular weight excluding hydrogens is 336 g/mol. The summed E-state index contributed by atoms with van der Waals surface area (Å²) >= 11 is 0. The molecule has 1 aliphatic carbocycles. The lowest BCUT2D eigenvalue weighted by Gasteiger charge is -2.14. The van der Waals surface area contributed by atoms with Gasteiger partial charge in [0.2, 0.25) is 0 Å². The number of H-pyrrole nitrogens is 1. The maximum Gasteiger partial charge on any atom is 0.407 e. The quantitative estimate of drug-likeness (QED) is 0.756. The fourth-order valence-corrected chi connectivity index (χ4v) is 3.14. The van der Waals surface area contributed by atoms with Crippen molar-refractivity contribution in [1.29, 1.82) is 0 Å². The van der Waals surface area contributed by atoms with Gasteiger partial charge in [-0.05, 0) is 39.2 Å². The first-order chi connectivity index (χ1) is 12.4. The highest BCUT2D eigenvalue weighted by atomic mass is 16.6. The zero-order chi connectivity index (χ0) is 18.7. The van der Waals surface area contributed by atoms with Gasteiger partial charge < -0.3 is 15.4 Å². The molecule has 0 saturated heterocycles. The summed E-state index contributed by atoms with van der Waals surface area (Å²) in [6, 6.07) is 3.53. The third-order valence-corrected chi connectivity index (χ3v) is 4.40. The molecule has 0 spiro atoms. The van der Waals surface area contributed by atoms with E-state index < -0.39 is 0 Å². The molecule has 2 aromatic heterocycles. The molecule has 140 valence electrons. The number of alkyl carbamates (subject to hydrolysis) is 1. The number of anilines is 1. The number of hydrogen-bond donors (Lipinski definition) is 3. The summed E-state index contributed by atoms with van der Waals surface area (Å²) in [6.45, 7) is 3.79. The Kier molecular flexibility index (Phi) is 5.24. The Morgan fingerprint density at radius 1 is 1.38 bits per heavy atom. The van der Waals surface area contributed by atoms with E-state index in [1.807, 2.05) is 19.9 Å².